The summed E-state index contributed by atoms with van der Waals surface area (Å²) >= 11 is 11.7. The first kappa shape index (κ1) is 19.3. The number of furan rings is 1. The number of piperazine rings is 1. The van der Waals surface area contributed by atoms with Crippen LogP contribution in [0.1, 0.15) is 20.9 Å². The minimum atomic E-state index is -0.681. The number of hydrogen-bond acceptors (Lipinski definition) is 5. The third-order valence-electron chi connectivity index (χ3n) is 4.08. The SMILES string of the molecule is O=C(OCC(=O)N1CCN(C(=O)c2ccco2)CC1)c1cc(Cl)cc(Cl)c1. The molecule has 9 heteroatoms. The van der Waals surface area contributed by atoms with Crippen LogP contribution in [-0.2, 0) is 9.53 Å². The number of halogens is 2. The summed E-state index contributed by atoms with van der Waals surface area (Å²) in [5.74, 6) is -0.957. The van der Waals surface area contributed by atoms with E-state index in [9.17, 15) is 14.4 Å². The lowest BCUT2D eigenvalue weighted by Gasteiger charge is -2.34. The van der Waals surface area contributed by atoms with Gasteiger partial charge in [0.2, 0.25) is 0 Å². The molecule has 1 aromatic heterocycles. The summed E-state index contributed by atoms with van der Waals surface area (Å²) in [4.78, 5) is 39.6. The molecule has 1 fully saturated rings. The van der Waals surface area contributed by atoms with Crippen molar-refractivity contribution in [1.82, 2.24) is 9.80 Å². The van der Waals surface area contributed by atoms with Crippen molar-refractivity contribution < 1.29 is 23.5 Å². The van der Waals surface area contributed by atoms with E-state index in [2.05, 4.69) is 0 Å². The third-order valence-corrected chi connectivity index (χ3v) is 4.51. The lowest BCUT2D eigenvalue weighted by atomic mass is 10.2. The third kappa shape index (κ3) is 4.81. The van der Waals surface area contributed by atoms with Crippen LogP contribution in [0.3, 0.4) is 0 Å². The summed E-state index contributed by atoms with van der Waals surface area (Å²) in [6.07, 6.45) is 1.44. The molecule has 0 unspecified atom stereocenters. The van der Waals surface area contributed by atoms with E-state index in [4.69, 9.17) is 32.4 Å². The van der Waals surface area contributed by atoms with Gasteiger partial charge in [0, 0.05) is 36.2 Å². The van der Waals surface area contributed by atoms with Crippen molar-refractivity contribution in [3.63, 3.8) is 0 Å². The van der Waals surface area contributed by atoms with Crippen LogP contribution in [-0.4, -0.2) is 60.4 Å². The summed E-state index contributed by atoms with van der Waals surface area (Å²) in [6, 6.07) is 7.57. The highest BCUT2D eigenvalue weighted by Gasteiger charge is 2.26. The van der Waals surface area contributed by atoms with Gasteiger partial charge in [-0.25, -0.2) is 4.79 Å². The van der Waals surface area contributed by atoms with Crippen LogP contribution in [0.5, 0.6) is 0 Å². The van der Waals surface area contributed by atoms with Crippen molar-refractivity contribution in [3.05, 3.63) is 58.0 Å². The Morgan fingerprint density at radius 3 is 2.22 bits per heavy atom. The Labute approximate surface area is 165 Å². The molecule has 1 aromatic carbocycles. The van der Waals surface area contributed by atoms with E-state index in [0.717, 1.165) is 0 Å². The van der Waals surface area contributed by atoms with Crippen LogP contribution in [0.2, 0.25) is 10.0 Å². The summed E-state index contributed by atoms with van der Waals surface area (Å²) in [7, 11) is 0. The molecule has 2 amide bonds. The molecule has 7 nitrogen and oxygen atoms in total. The van der Waals surface area contributed by atoms with Crippen LogP contribution in [0.25, 0.3) is 0 Å². The van der Waals surface area contributed by atoms with Crippen LogP contribution in [0, 0.1) is 0 Å². The molecular weight excluding hydrogens is 395 g/mol. The van der Waals surface area contributed by atoms with Gasteiger partial charge >= 0.3 is 5.97 Å². The molecule has 3 rings (SSSR count). The van der Waals surface area contributed by atoms with E-state index in [1.54, 1.807) is 21.9 Å². The largest absolute Gasteiger partial charge is 0.459 e. The fraction of sp³-hybridized carbons (Fsp3) is 0.278. The Morgan fingerprint density at radius 2 is 1.63 bits per heavy atom. The van der Waals surface area contributed by atoms with E-state index in [0.29, 0.717) is 36.2 Å². The number of carbonyl (C=O) groups is 3. The molecule has 1 saturated heterocycles. The maximum atomic E-state index is 12.2. The first-order valence-electron chi connectivity index (χ1n) is 8.18. The minimum absolute atomic E-state index is 0.175. The number of hydrogen-bond donors (Lipinski definition) is 0. The number of ether oxygens (including phenoxy) is 1. The number of carbonyl (C=O) groups excluding carboxylic acids is 3. The van der Waals surface area contributed by atoms with E-state index < -0.39 is 12.6 Å². The van der Waals surface area contributed by atoms with E-state index in [1.165, 1.54) is 24.5 Å². The molecule has 2 heterocycles. The van der Waals surface area contributed by atoms with Gasteiger partial charge in [0.15, 0.2) is 12.4 Å². The maximum absolute atomic E-state index is 12.2. The van der Waals surface area contributed by atoms with Gasteiger partial charge in [-0.1, -0.05) is 23.2 Å². The molecule has 0 N–H and O–H groups in total. The molecule has 0 aliphatic carbocycles. The minimum Gasteiger partial charge on any atom is -0.459 e. The highest BCUT2D eigenvalue weighted by molar-refractivity contribution is 6.35. The zero-order chi connectivity index (χ0) is 19.4. The lowest BCUT2D eigenvalue weighted by molar-refractivity contribution is -0.136. The topological polar surface area (TPSA) is 80.1 Å². The average molecular weight is 411 g/mol. The Hall–Kier alpha value is -2.51. The Bertz CT molecular complexity index is 825. The average Bonchev–Trinajstić information content (AvgIpc) is 3.19. The second-order valence-corrected chi connectivity index (χ2v) is 6.76. The first-order chi connectivity index (χ1) is 12.9. The van der Waals surface area contributed by atoms with Crippen molar-refractivity contribution in [3.8, 4) is 0 Å². The van der Waals surface area contributed by atoms with Gasteiger partial charge < -0.3 is 19.0 Å². The van der Waals surface area contributed by atoms with Gasteiger partial charge in [-0.3, -0.25) is 9.59 Å². The van der Waals surface area contributed by atoms with E-state index in [1.807, 2.05) is 0 Å². The molecule has 0 saturated carbocycles. The van der Waals surface area contributed by atoms with Crippen molar-refractivity contribution >= 4 is 41.0 Å². The summed E-state index contributed by atoms with van der Waals surface area (Å²) in [5.41, 5.74) is 0.175. The van der Waals surface area contributed by atoms with Crippen LogP contribution in [0.15, 0.2) is 41.0 Å². The van der Waals surface area contributed by atoms with Gasteiger partial charge in [-0.15, -0.1) is 0 Å². The van der Waals surface area contributed by atoms with Crippen molar-refractivity contribution in [2.24, 2.45) is 0 Å². The fourth-order valence-electron chi connectivity index (χ4n) is 2.69. The van der Waals surface area contributed by atoms with Crippen molar-refractivity contribution in [2.45, 2.75) is 0 Å². The highest BCUT2D eigenvalue weighted by atomic mass is 35.5. The van der Waals surface area contributed by atoms with Gasteiger partial charge in [-0.2, -0.15) is 0 Å². The summed E-state index contributed by atoms with van der Waals surface area (Å²) in [5, 5.41) is 0.608. The maximum Gasteiger partial charge on any atom is 0.338 e. The molecule has 27 heavy (non-hydrogen) atoms. The Kier molecular flexibility index (Phi) is 6.03. The first-order valence-corrected chi connectivity index (χ1v) is 8.93. The summed E-state index contributed by atoms with van der Waals surface area (Å²) < 4.78 is 10.1. The molecule has 1 aliphatic heterocycles. The van der Waals surface area contributed by atoms with Crippen molar-refractivity contribution in [2.75, 3.05) is 32.8 Å². The number of rotatable bonds is 4. The quantitative estimate of drug-likeness (QED) is 0.723. The fourth-order valence-corrected chi connectivity index (χ4v) is 3.21. The molecule has 0 spiro atoms. The van der Waals surface area contributed by atoms with Crippen LogP contribution < -0.4 is 0 Å². The Balaban J connectivity index is 1.48. The smallest absolute Gasteiger partial charge is 0.338 e. The molecule has 0 atom stereocenters. The van der Waals surface area contributed by atoms with E-state index >= 15 is 0 Å². The standard InChI is InChI=1S/C18H16Cl2N2O5/c19-13-8-12(9-14(20)10-13)18(25)27-11-16(23)21-3-5-22(6-4-21)17(24)15-2-1-7-26-15/h1-2,7-10H,3-6,11H2. The molecule has 0 radical (unpaired) electrons. The zero-order valence-electron chi connectivity index (χ0n) is 14.2. The number of nitrogens with zero attached hydrogens (tertiary/aromatic N) is 2. The zero-order valence-corrected chi connectivity index (χ0v) is 15.7. The predicted molar refractivity (Wildman–Crippen MR) is 97.9 cm³/mol. The van der Waals surface area contributed by atoms with Gasteiger partial charge in [0.25, 0.3) is 11.8 Å². The summed E-state index contributed by atoms with van der Waals surface area (Å²) in [6.45, 7) is 1.07. The Morgan fingerprint density at radius 1 is 1.00 bits per heavy atom. The van der Waals surface area contributed by atoms with Crippen LogP contribution in [0.4, 0.5) is 0 Å². The highest BCUT2D eigenvalue weighted by Crippen LogP contribution is 2.19. The molecule has 0 bridgehead atoms. The number of amides is 2. The van der Waals surface area contributed by atoms with Crippen LogP contribution >= 0.6 is 23.2 Å². The van der Waals surface area contributed by atoms with Gasteiger partial charge in [0.05, 0.1) is 11.8 Å². The second-order valence-electron chi connectivity index (χ2n) is 5.88. The van der Waals surface area contributed by atoms with Gasteiger partial charge in [0.1, 0.15) is 0 Å². The normalized spacial score (nSPS) is 14.1. The monoisotopic (exact) mass is 410 g/mol. The lowest BCUT2D eigenvalue weighted by Crippen LogP contribution is -2.51. The van der Waals surface area contributed by atoms with Gasteiger partial charge in [-0.05, 0) is 30.3 Å². The predicted octanol–water partition coefficient (Wildman–Crippen LogP) is 2.73. The molecule has 1 aliphatic rings. The number of esters is 1. The molecule has 142 valence electrons. The molecule has 2 aromatic rings. The van der Waals surface area contributed by atoms with E-state index in [-0.39, 0.29) is 23.1 Å². The molecular formula is C18H16Cl2N2O5. The number of benzene rings is 1. The van der Waals surface area contributed by atoms with Crippen molar-refractivity contribution in [1.29, 1.82) is 0 Å². The second kappa shape index (κ2) is 8.45.